The molecule has 0 aliphatic heterocycles. The van der Waals surface area contributed by atoms with E-state index >= 15 is 0 Å². The van der Waals surface area contributed by atoms with Crippen molar-refractivity contribution in [2.75, 3.05) is 11.9 Å². The number of nitrogens with one attached hydrogen (secondary N) is 1. The molecule has 6 nitrogen and oxygen atoms in total. The number of amides is 1. The van der Waals surface area contributed by atoms with Gasteiger partial charge in [0.15, 0.2) is 0 Å². The van der Waals surface area contributed by atoms with Crippen LogP contribution in [0.1, 0.15) is 13.8 Å². The van der Waals surface area contributed by atoms with Crippen molar-refractivity contribution in [1.82, 2.24) is 0 Å². The van der Waals surface area contributed by atoms with Crippen LogP contribution in [0, 0.1) is 10.1 Å². The summed E-state index contributed by atoms with van der Waals surface area (Å²) in [5, 5.41) is 13.1. The molecule has 92 valence electrons. The molecule has 0 radical (unpaired) electrons. The number of ether oxygens (including phenoxy) is 1. The number of hydrogen-bond donors (Lipinski definition) is 1. The summed E-state index contributed by atoms with van der Waals surface area (Å²) < 4.78 is 5.09. The van der Waals surface area contributed by atoms with Gasteiger partial charge in [-0.05, 0) is 19.9 Å². The fourth-order valence-corrected chi connectivity index (χ4v) is 1.17. The maximum atomic E-state index is 11.4. The highest BCUT2D eigenvalue weighted by Gasteiger charge is 2.14. The number of anilines is 1. The van der Waals surface area contributed by atoms with E-state index in [1.54, 1.807) is 26.0 Å². The van der Waals surface area contributed by atoms with E-state index in [-0.39, 0.29) is 24.1 Å². The number of nitro benzene ring substituents is 1. The summed E-state index contributed by atoms with van der Waals surface area (Å²) in [5.41, 5.74) is 0.0419. The summed E-state index contributed by atoms with van der Waals surface area (Å²) in [6, 6.07) is 5.97. The topological polar surface area (TPSA) is 81.5 Å². The number of carbonyl (C=O) groups is 1. The Hall–Kier alpha value is -1.95. The lowest BCUT2D eigenvalue weighted by Crippen LogP contribution is -2.21. The van der Waals surface area contributed by atoms with Crippen molar-refractivity contribution >= 4 is 17.3 Å². The molecule has 0 saturated carbocycles. The van der Waals surface area contributed by atoms with Crippen LogP contribution in [-0.2, 0) is 9.53 Å². The predicted octanol–water partition coefficient (Wildman–Crippen LogP) is 1.96. The third kappa shape index (κ3) is 4.20. The fraction of sp³-hybridized carbons (Fsp3) is 0.364. The van der Waals surface area contributed by atoms with Gasteiger partial charge in [0.25, 0.3) is 11.6 Å². The SMILES string of the molecule is CC(C)OCC(=O)Nc1ccccc1[N+](=O)[O-]. The molecule has 6 heteroatoms. The van der Waals surface area contributed by atoms with E-state index in [0.29, 0.717) is 0 Å². The van der Waals surface area contributed by atoms with E-state index < -0.39 is 10.8 Å². The second kappa shape index (κ2) is 5.95. The standard InChI is InChI=1S/C11H14N2O4/c1-8(2)17-7-11(14)12-9-5-3-4-6-10(9)13(15)16/h3-6,8H,7H2,1-2H3,(H,12,14). The van der Waals surface area contributed by atoms with Gasteiger partial charge < -0.3 is 10.1 Å². The number of para-hydroxylation sites is 2. The molecule has 1 rings (SSSR count). The summed E-state index contributed by atoms with van der Waals surface area (Å²) in [4.78, 5) is 21.6. The van der Waals surface area contributed by atoms with Crippen LogP contribution in [0.15, 0.2) is 24.3 Å². The van der Waals surface area contributed by atoms with Crippen molar-refractivity contribution < 1.29 is 14.5 Å². The van der Waals surface area contributed by atoms with Crippen LogP contribution in [0.5, 0.6) is 0 Å². The van der Waals surface area contributed by atoms with Gasteiger partial charge in [0.2, 0.25) is 0 Å². The molecule has 0 aliphatic rings. The van der Waals surface area contributed by atoms with Crippen LogP contribution in [0.4, 0.5) is 11.4 Å². The first-order chi connectivity index (χ1) is 8.00. The van der Waals surface area contributed by atoms with Gasteiger partial charge in [0.1, 0.15) is 12.3 Å². The number of benzene rings is 1. The quantitative estimate of drug-likeness (QED) is 0.628. The molecule has 0 heterocycles. The van der Waals surface area contributed by atoms with Crippen LogP contribution in [0.25, 0.3) is 0 Å². The average molecular weight is 238 g/mol. The molecule has 1 aromatic carbocycles. The van der Waals surface area contributed by atoms with Crippen molar-refractivity contribution in [2.24, 2.45) is 0 Å². The molecule has 1 N–H and O–H groups in total. The van der Waals surface area contributed by atoms with E-state index in [2.05, 4.69) is 5.32 Å². The Labute approximate surface area is 98.7 Å². The lowest BCUT2D eigenvalue weighted by atomic mass is 10.2. The van der Waals surface area contributed by atoms with Crippen LogP contribution in [0.3, 0.4) is 0 Å². The molecule has 0 fully saturated rings. The van der Waals surface area contributed by atoms with Crippen LogP contribution < -0.4 is 5.32 Å². The molecule has 17 heavy (non-hydrogen) atoms. The van der Waals surface area contributed by atoms with Crippen LogP contribution in [-0.4, -0.2) is 23.5 Å². The Bertz CT molecular complexity index is 418. The Morgan fingerprint density at radius 2 is 2.12 bits per heavy atom. The van der Waals surface area contributed by atoms with E-state index in [4.69, 9.17) is 4.74 Å². The van der Waals surface area contributed by atoms with Gasteiger partial charge in [-0.1, -0.05) is 12.1 Å². The van der Waals surface area contributed by atoms with Crippen molar-refractivity contribution in [3.8, 4) is 0 Å². The Morgan fingerprint density at radius 1 is 1.47 bits per heavy atom. The molecule has 0 unspecified atom stereocenters. The molecule has 1 aromatic rings. The molecular formula is C11H14N2O4. The molecular weight excluding hydrogens is 224 g/mol. The van der Waals surface area contributed by atoms with Gasteiger partial charge in [0, 0.05) is 6.07 Å². The summed E-state index contributed by atoms with van der Waals surface area (Å²) >= 11 is 0. The van der Waals surface area contributed by atoms with E-state index in [1.165, 1.54) is 12.1 Å². The van der Waals surface area contributed by atoms with Crippen molar-refractivity contribution in [3.63, 3.8) is 0 Å². The first-order valence-electron chi connectivity index (χ1n) is 5.15. The Kier molecular flexibility index (Phi) is 4.59. The monoisotopic (exact) mass is 238 g/mol. The number of rotatable bonds is 5. The highest BCUT2D eigenvalue weighted by atomic mass is 16.6. The average Bonchev–Trinajstić information content (AvgIpc) is 2.27. The third-order valence-electron chi connectivity index (χ3n) is 1.92. The first-order valence-corrected chi connectivity index (χ1v) is 5.15. The summed E-state index contributed by atoms with van der Waals surface area (Å²) in [6.45, 7) is 3.49. The number of nitro groups is 1. The van der Waals surface area contributed by atoms with Gasteiger partial charge in [-0.2, -0.15) is 0 Å². The normalized spacial score (nSPS) is 10.3. The van der Waals surface area contributed by atoms with Crippen molar-refractivity contribution in [2.45, 2.75) is 20.0 Å². The van der Waals surface area contributed by atoms with Gasteiger partial charge in [-0.15, -0.1) is 0 Å². The minimum atomic E-state index is -0.543. The molecule has 0 spiro atoms. The number of hydrogen-bond acceptors (Lipinski definition) is 4. The van der Waals surface area contributed by atoms with E-state index in [9.17, 15) is 14.9 Å². The molecule has 0 aliphatic carbocycles. The minimum absolute atomic E-state index is 0.0634. The fourth-order valence-electron chi connectivity index (χ4n) is 1.17. The number of carbonyl (C=O) groups excluding carboxylic acids is 1. The Balaban J connectivity index is 2.68. The lowest BCUT2D eigenvalue weighted by molar-refractivity contribution is -0.383. The summed E-state index contributed by atoms with van der Waals surface area (Å²) in [6.07, 6.45) is -0.0634. The zero-order chi connectivity index (χ0) is 12.8. The van der Waals surface area contributed by atoms with Crippen molar-refractivity contribution in [1.29, 1.82) is 0 Å². The van der Waals surface area contributed by atoms with Crippen molar-refractivity contribution in [3.05, 3.63) is 34.4 Å². The zero-order valence-corrected chi connectivity index (χ0v) is 9.67. The molecule has 0 aromatic heterocycles. The summed E-state index contributed by atoms with van der Waals surface area (Å²) in [7, 11) is 0. The second-order valence-corrected chi connectivity index (χ2v) is 3.68. The zero-order valence-electron chi connectivity index (χ0n) is 9.67. The van der Waals surface area contributed by atoms with Gasteiger partial charge in [-0.25, -0.2) is 0 Å². The molecule has 0 saturated heterocycles. The van der Waals surface area contributed by atoms with E-state index in [1.807, 2.05) is 0 Å². The van der Waals surface area contributed by atoms with Crippen LogP contribution >= 0.6 is 0 Å². The van der Waals surface area contributed by atoms with Gasteiger partial charge in [-0.3, -0.25) is 14.9 Å². The Morgan fingerprint density at radius 3 is 2.71 bits per heavy atom. The number of nitrogens with zero attached hydrogens (tertiary/aromatic N) is 1. The van der Waals surface area contributed by atoms with Crippen LogP contribution in [0.2, 0.25) is 0 Å². The smallest absolute Gasteiger partial charge is 0.292 e. The second-order valence-electron chi connectivity index (χ2n) is 3.68. The van der Waals surface area contributed by atoms with Gasteiger partial charge >= 0.3 is 0 Å². The largest absolute Gasteiger partial charge is 0.369 e. The highest BCUT2D eigenvalue weighted by molar-refractivity contribution is 5.93. The van der Waals surface area contributed by atoms with Gasteiger partial charge in [0.05, 0.1) is 11.0 Å². The highest BCUT2D eigenvalue weighted by Crippen LogP contribution is 2.22. The molecule has 0 atom stereocenters. The van der Waals surface area contributed by atoms with E-state index in [0.717, 1.165) is 0 Å². The summed E-state index contributed by atoms with van der Waals surface area (Å²) in [5.74, 6) is -0.409. The maximum Gasteiger partial charge on any atom is 0.292 e. The molecule has 1 amide bonds. The predicted molar refractivity (Wildman–Crippen MR) is 62.8 cm³/mol. The molecule has 0 bridgehead atoms. The third-order valence-corrected chi connectivity index (χ3v) is 1.92. The maximum absolute atomic E-state index is 11.4. The minimum Gasteiger partial charge on any atom is -0.369 e. The first kappa shape index (κ1) is 13.1. The lowest BCUT2D eigenvalue weighted by Gasteiger charge is -2.08.